The number of rotatable bonds is 1. The first-order chi connectivity index (χ1) is 4.57. The smallest absolute Gasteiger partial charge is 0.324 e. The van der Waals surface area contributed by atoms with Crippen LogP contribution < -0.4 is 5.32 Å². The van der Waals surface area contributed by atoms with Crippen molar-refractivity contribution in [3.8, 4) is 0 Å². The zero-order valence-electron chi connectivity index (χ0n) is 6.18. The fourth-order valence-corrected chi connectivity index (χ4v) is 0.916. The van der Waals surface area contributed by atoms with Crippen molar-refractivity contribution in [2.45, 2.75) is 25.6 Å². The van der Waals surface area contributed by atoms with E-state index in [4.69, 9.17) is 4.74 Å². The Bertz CT molecular complexity index is 178. The molecule has 0 saturated carbocycles. The lowest BCUT2D eigenvalue weighted by molar-refractivity contribution is -0.145. The molecule has 2 unspecified atom stereocenters. The Morgan fingerprint density at radius 2 is 2.50 bits per heavy atom. The SMILES string of the molecule is C=CC1(C)NC(C)C(=O)O1. The molecule has 1 saturated heterocycles. The van der Waals surface area contributed by atoms with Crippen molar-refractivity contribution in [1.82, 2.24) is 5.32 Å². The van der Waals surface area contributed by atoms with Crippen LogP contribution in [0, 0.1) is 0 Å². The third-order valence-corrected chi connectivity index (χ3v) is 1.56. The van der Waals surface area contributed by atoms with E-state index in [-0.39, 0.29) is 12.0 Å². The third-order valence-electron chi connectivity index (χ3n) is 1.56. The molecule has 1 aliphatic rings. The number of cyclic esters (lactones) is 1. The summed E-state index contributed by atoms with van der Waals surface area (Å²) in [6.07, 6.45) is 1.58. The van der Waals surface area contributed by atoms with E-state index in [2.05, 4.69) is 11.9 Å². The molecule has 0 spiro atoms. The van der Waals surface area contributed by atoms with Crippen LogP contribution in [-0.4, -0.2) is 17.7 Å². The maximum atomic E-state index is 10.8. The summed E-state index contributed by atoms with van der Waals surface area (Å²) in [6, 6.07) is -0.219. The van der Waals surface area contributed by atoms with Crippen LogP contribution in [0.1, 0.15) is 13.8 Å². The Labute approximate surface area is 60.1 Å². The van der Waals surface area contributed by atoms with Crippen molar-refractivity contribution in [1.29, 1.82) is 0 Å². The highest BCUT2D eigenvalue weighted by Gasteiger charge is 2.37. The molecule has 3 nitrogen and oxygen atoms in total. The van der Waals surface area contributed by atoms with E-state index in [1.165, 1.54) is 0 Å². The van der Waals surface area contributed by atoms with E-state index < -0.39 is 5.72 Å². The van der Waals surface area contributed by atoms with Crippen LogP contribution in [0.5, 0.6) is 0 Å². The Morgan fingerprint density at radius 1 is 1.90 bits per heavy atom. The second kappa shape index (κ2) is 2.09. The van der Waals surface area contributed by atoms with Gasteiger partial charge < -0.3 is 4.74 Å². The molecular formula is C7H11NO2. The summed E-state index contributed by atoms with van der Waals surface area (Å²) in [7, 11) is 0. The van der Waals surface area contributed by atoms with Gasteiger partial charge in [-0.1, -0.05) is 6.58 Å². The van der Waals surface area contributed by atoms with Crippen molar-refractivity contribution in [3.63, 3.8) is 0 Å². The molecule has 0 aromatic carbocycles. The molecule has 0 aromatic rings. The minimum absolute atomic E-state index is 0.219. The normalized spacial score (nSPS) is 39.4. The fraction of sp³-hybridized carbons (Fsp3) is 0.571. The lowest BCUT2D eigenvalue weighted by atomic mass is 10.2. The Balaban J connectivity index is 2.73. The quantitative estimate of drug-likeness (QED) is 0.425. The van der Waals surface area contributed by atoms with Gasteiger partial charge >= 0.3 is 5.97 Å². The lowest BCUT2D eigenvalue weighted by Gasteiger charge is -2.16. The molecule has 0 aliphatic carbocycles. The van der Waals surface area contributed by atoms with Crippen LogP contribution in [0.25, 0.3) is 0 Å². The largest absolute Gasteiger partial charge is 0.439 e. The van der Waals surface area contributed by atoms with Crippen molar-refractivity contribution < 1.29 is 9.53 Å². The summed E-state index contributed by atoms with van der Waals surface area (Å²) in [4.78, 5) is 10.8. The molecule has 3 heteroatoms. The minimum atomic E-state index is -0.656. The molecule has 0 bridgehead atoms. The molecule has 0 aromatic heterocycles. The van der Waals surface area contributed by atoms with Crippen molar-refractivity contribution in [2.24, 2.45) is 0 Å². The minimum Gasteiger partial charge on any atom is -0.439 e. The third kappa shape index (κ3) is 1.04. The highest BCUT2D eigenvalue weighted by Crippen LogP contribution is 2.16. The Morgan fingerprint density at radius 3 is 2.70 bits per heavy atom. The molecule has 1 fully saturated rings. The van der Waals surface area contributed by atoms with Crippen molar-refractivity contribution in [3.05, 3.63) is 12.7 Å². The summed E-state index contributed by atoms with van der Waals surface area (Å²) >= 11 is 0. The zero-order valence-corrected chi connectivity index (χ0v) is 6.18. The maximum absolute atomic E-state index is 10.8. The number of carbonyl (C=O) groups is 1. The highest BCUT2D eigenvalue weighted by atomic mass is 16.6. The molecule has 10 heavy (non-hydrogen) atoms. The lowest BCUT2D eigenvalue weighted by Crippen LogP contribution is -2.38. The van der Waals surface area contributed by atoms with Gasteiger partial charge in [-0.15, -0.1) is 0 Å². The average Bonchev–Trinajstić information content (AvgIpc) is 2.10. The topological polar surface area (TPSA) is 38.3 Å². The van der Waals surface area contributed by atoms with Gasteiger partial charge in [0.15, 0.2) is 5.72 Å². The predicted octanol–water partition coefficient (Wildman–Crippen LogP) is 0.424. The molecule has 0 amide bonds. The second-order valence-corrected chi connectivity index (χ2v) is 2.60. The van der Waals surface area contributed by atoms with E-state index in [0.717, 1.165) is 0 Å². The van der Waals surface area contributed by atoms with Gasteiger partial charge in [0.1, 0.15) is 6.04 Å². The summed E-state index contributed by atoms with van der Waals surface area (Å²) in [5.41, 5.74) is -0.656. The molecule has 1 rings (SSSR count). The number of nitrogens with one attached hydrogen (secondary N) is 1. The van der Waals surface area contributed by atoms with Gasteiger partial charge in [-0.05, 0) is 19.9 Å². The summed E-state index contributed by atoms with van der Waals surface area (Å²) in [6.45, 7) is 7.07. The van der Waals surface area contributed by atoms with Gasteiger partial charge in [0.25, 0.3) is 0 Å². The Hall–Kier alpha value is -0.830. The highest BCUT2D eigenvalue weighted by molar-refractivity contribution is 5.78. The molecule has 56 valence electrons. The van der Waals surface area contributed by atoms with Gasteiger partial charge in [0, 0.05) is 0 Å². The van der Waals surface area contributed by atoms with Crippen LogP contribution in [0.2, 0.25) is 0 Å². The van der Waals surface area contributed by atoms with Crippen LogP contribution in [0.3, 0.4) is 0 Å². The standard InChI is InChI=1S/C7H11NO2/c1-4-7(3)8-5(2)6(9)10-7/h4-5,8H,1H2,2-3H3. The predicted molar refractivity (Wildman–Crippen MR) is 37.3 cm³/mol. The molecule has 1 aliphatic heterocycles. The van der Waals surface area contributed by atoms with E-state index in [1.54, 1.807) is 19.9 Å². The van der Waals surface area contributed by atoms with Gasteiger partial charge in [-0.2, -0.15) is 0 Å². The van der Waals surface area contributed by atoms with E-state index in [0.29, 0.717) is 0 Å². The first-order valence-corrected chi connectivity index (χ1v) is 3.21. The van der Waals surface area contributed by atoms with E-state index in [9.17, 15) is 4.79 Å². The number of ether oxygens (including phenoxy) is 1. The van der Waals surface area contributed by atoms with Crippen LogP contribution >= 0.6 is 0 Å². The number of hydrogen-bond acceptors (Lipinski definition) is 3. The first-order valence-electron chi connectivity index (χ1n) is 3.21. The van der Waals surface area contributed by atoms with Crippen molar-refractivity contribution in [2.75, 3.05) is 0 Å². The first kappa shape index (κ1) is 7.28. The maximum Gasteiger partial charge on any atom is 0.324 e. The monoisotopic (exact) mass is 141 g/mol. The van der Waals surface area contributed by atoms with Gasteiger partial charge in [0.2, 0.25) is 0 Å². The molecular weight excluding hydrogens is 130 g/mol. The van der Waals surface area contributed by atoms with Gasteiger partial charge in [0.05, 0.1) is 0 Å². The van der Waals surface area contributed by atoms with Crippen LogP contribution in [-0.2, 0) is 9.53 Å². The van der Waals surface area contributed by atoms with Gasteiger partial charge in [-0.25, -0.2) is 0 Å². The number of hydrogen-bond donors (Lipinski definition) is 1. The van der Waals surface area contributed by atoms with Crippen LogP contribution in [0.15, 0.2) is 12.7 Å². The molecule has 0 radical (unpaired) electrons. The molecule has 1 N–H and O–H groups in total. The molecule has 2 atom stereocenters. The summed E-state index contributed by atoms with van der Waals surface area (Å²) in [5.74, 6) is -0.220. The average molecular weight is 141 g/mol. The molecule has 1 heterocycles. The number of carbonyl (C=O) groups excluding carboxylic acids is 1. The van der Waals surface area contributed by atoms with E-state index >= 15 is 0 Å². The second-order valence-electron chi connectivity index (χ2n) is 2.60. The number of esters is 1. The summed E-state index contributed by atoms with van der Waals surface area (Å²) < 4.78 is 4.94. The van der Waals surface area contributed by atoms with E-state index in [1.807, 2.05) is 0 Å². The van der Waals surface area contributed by atoms with Gasteiger partial charge in [-0.3, -0.25) is 10.1 Å². The van der Waals surface area contributed by atoms with Crippen LogP contribution in [0.4, 0.5) is 0 Å². The zero-order chi connectivity index (χ0) is 7.78. The Kier molecular flexibility index (Phi) is 1.52. The van der Waals surface area contributed by atoms with Crippen molar-refractivity contribution >= 4 is 5.97 Å². The summed E-state index contributed by atoms with van der Waals surface area (Å²) in [5, 5.41) is 2.94. The fourth-order valence-electron chi connectivity index (χ4n) is 0.916.